The third-order valence-corrected chi connectivity index (χ3v) is 11.4. The molecular formula is C39H44N4O5S2. The summed E-state index contributed by atoms with van der Waals surface area (Å²) in [7, 11) is -2.59. The minimum Gasteiger partial charge on any atom is -0.453 e. The van der Waals surface area contributed by atoms with E-state index in [1.54, 1.807) is 23.7 Å². The van der Waals surface area contributed by atoms with Crippen LogP contribution in [-0.2, 0) is 21.2 Å². The van der Waals surface area contributed by atoms with E-state index >= 15 is 0 Å². The van der Waals surface area contributed by atoms with E-state index in [0.29, 0.717) is 24.2 Å². The minimum atomic E-state index is -3.93. The first-order chi connectivity index (χ1) is 24.1. The number of aliphatic imine (C=N–C) groups is 1. The van der Waals surface area contributed by atoms with Crippen LogP contribution in [0.3, 0.4) is 0 Å². The molecule has 1 heterocycles. The topological polar surface area (TPSA) is 121 Å². The Hall–Kier alpha value is -4.42. The van der Waals surface area contributed by atoms with Gasteiger partial charge in [-0.25, -0.2) is 18.2 Å². The van der Waals surface area contributed by atoms with E-state index in [9.17, 15) is 18.3 Å². The van der Waals surface area contributed by atoms with Crippen molar-refractivity contribution in [3.63, 3.8) is 0 Å². The first-order valence-electron chi connectivity index (χ1n) is 16.7. The van der Waals surface area contributed by atoms with E-state index in [1.165, 1.54) is 22.8 Å². The second-order valence-electron chi connectivity index (χ2n) is 12.6. The number of thiazole rings is 1. The van der Waals surface area contributed by atoms with Crippen LogP contribution in [0, 0.1) is 5.92 Å². The lowest BCUT2D eigenvalue weighted by Gasteiger charge is -2.31. The molecule has 1 aromatic heterocycles. The maximum atomic E-state index is 14.1. The van der Waals surface area contributed by atoms with Gasteiger partial charge in [-0.3, -0.25) is 4.99 Å². The molecule has 0 radical (unpaired) electrons. The average Bonchev–Trinajstić information content (AvgIpc) is 3.61. The van der Waals surface area contributed by atoms with Crippen LogP contribution in [0.1, 0.15) is 49.8 Å². The summed E-state index contributed by atoms with van der Waals surface area (Å²) in [4.78, 5) is 22.3. The highest BCUT2D eigenvalue weighted by molar-refractivity contribution is 7.89. The van der Waals surface area contributed by atoms with Crippen molar-refractivity contribution in [2.75, 3.05) is 20.3 Å². The maximum Gasteiger partial charge on any atom is 0.407 e. The summed E-state index contributed by atoms with van der Waals surface area (Å²) in [5.74, 6) is -0.225. The molecule has 4 aromatic carbocycles. The van der Waals surface area contributed by atoms with Crippen LogP contribution in [0.2, 0.25) is 0 Å². The van der Waals surface area contributed by atoms with Gasteiger partial charge in [0.15, 0.2) is 0 Å². The second kappa shape index (κ2) is 17.0. The molecule has 11 heteroatoms. The molecule has 5 aromatic rings. The van der Waals surface area contributed by atoms with Crippen molar-refractivity contribution in [1.29, 1.82) is 0 Å². The molecule has 5 rings (SSSR count). The first-order valence-corrected chi connectivity index (χ1v) is 19.0. The molecule has 0 fully saturated rings. The molecule has 0 saturated carbocycles. The number of nitrogens with one attached hydrogen (secondary N) is 1. The third kappa shape index (κ3) is 8.83. The van der Waals surface area contributed by atoms with E-state index < -0.39 is 28.2 Å². The first kappa shape index (κ1) is 36.9. The molecule has 0 aliphatic heterocycles. The minimum absolute atomic E-state index is 0.0342. The molecule has 1 amide bonds. The number of aryl methyl sites for hydroxylation is 1. The quantitative estimate of drug-likeness (QED) is 0.108. The molecule has 50 heavy (non-hydrogen) atoms. The molecule has 2 unspecified atom stereocenters. The molecule has 0 aliphatic rings. The van der Waals surface area contributed by atoms with Gasteiger partial charge in [-0.1, -0.05) is 92.7 Å². The number of aromatic nitrogens is 1. The lowest BCUT2D eigenvalue weighted by molar-refractivity contribution is 0.168. The Kier molecular flexibility index (Phi) is 12.5. The van der Waals surface area contributed by atoms with Crippen LogP contribution in [0.4, 0.5) is 10.5 Å². The Bertz CT molecular complexity index is 1960. The third-order valence-electron chi connectivity index (χ3n) is 8.67. The number of amides is 1. The van der Waals surface area contributed by atoms with Crippen LogP contribution >= 0.6 is 11.3 Å². The van der Waals surface area contributed by atoms with Crippen molar-refractivity contribution in [1.82, 2.24) is 14.6 Å². The maximum absolute atomic E-state index is 14.1. The average molecular weight is 713 g/mol. The summed E-state index contributed by atoms with van der Waals surface area (Å²) in [6, 6.07) is 31.4. The molecule has 0 bridgehead atoms. The number of carbonyl (C=O) groups excluding carboxylic acids is 1. The normalized spacial score (nSPS) is 13.6. The number of methoxy groups -OCH3 is 1. The Morgan fingerprint density at radius 3 is 2.22 bits per heavy atom. The van der Waals surface area contributed by atoms with E-state index in [0.717, 1.165) is 26.9 Å². The lowest BCUT2D eigenvalue weighted by atomic mass is 9.83. The molecule has 2 atom stereocenters. The van der Waals surface area contributed by atoms with Crippen LogP contribution in [0.25, 0.3) is 10.2 Å². The fraction of sp³-hybridized carbons (Fsp3) is 0.308. The Balaban J connectivity index is 1.46. The zero-order valence-electron chi connectivity index (χ0n) is 28.8. The highest BCUT2D eigenvalue weighted by Crippen LogP contribution is 2.32. The summed E-state index contributed by atoms with van der Waals surface area (Å²) in [5.41, 5.74) is 6.73. The number of sulfonamides is 1. The van der Waals surface area contributed by atoms with E-state index in [-0.39, 0.29) is 29.9 Å². The number of aliphatic hydroxyl groups is 1. The fourth-order valence-corrected chi connectivity index (χ4v) is 8.81. The van der Waals surface area contributed by atoms with Crippen molar-refractivity contribution in [2.24, 2.45) is 10.9 Å². The number of ether oxygens (including phenoxy) is 1. The number of carbonyl (C=O) groups is 1. The summed E-state index contributed by atoms with van der Waals surface area (Å²) in [5, 5.41) is 13.7. The molecule has 2 N–H and O–H groups in total. The number of rotatable bonds is 15. The zero-order chi connectivity index (χ0) is 35.7. The number of fused-ring (bicyclic) bond motifs is 1. The Morgan fingerprint density at radius 2 is 1.60 bits per heavy atom. The number of para-hydroxylation sites is 1. The molecular weight excluding hydrogens is 669 g/mol. The highest BCUT2D eigenvalue weighted by atomic mass is 32.2. The van der Waals surface area contributed by atoms with Gasteiger partial charge in [-0.05, 0) is 66.6 Å². The lowest BCUT2D eigenvalue weighted by Crippen LogP contribution is -2.44. The molecule has 0 spiro atoms. The number of hydrogen-bond donors (Lipinski definition) is 2. The molecule has 0 saturated heterocycles. The van der Waals surface area contributed by atoms with Crippen LogP contribution in [0.5, 0.6) is 0 Å². The summed E-state index contributed by atoms with van der Waals surface area (Å²) >= 11 is 1.39. The monoisotopic (exact) mass is 712 g/mol. The summed E-state index contributed by atoms with van der Waals surface area (Å²) in [6.07, 6.45) is 0.269. The number of alkyl carbamates (subject to hydrolysis) is 1. The van der Waals surface area contributed by atoms with Crippen LogP contribution in [0.15, 0.2) is 119 Å². The van der Waals surface area contributed by atoms with E-state index in [1.807, 2.05) is 106 Å². The van der Waals surface area contributed by atoms with E-state index in [4.69, 9.17) is 9.73 Å². The number of nitrogens with zero attached hydrogens (tertiary/aromatic N) is 3. The Labute approximate surface area is 298 Å². The highest BCUT2D eigenvalue weighted by Gasteiger charge is 2.33. The fourth-order valence-electron chi connectivity index (χ4n) is 6.19. The second-order valence-corrected chi connectivity index (χ2v) is 15.4. The van der Waals surface area contributed by atoms with Gasteiger partial charge in [0, 0.05) is 24.2 Å². The van der Waals surface area contributed by atoms with Gasteiger partial charge >= 0.3 is 6.09 Å². The predicted molar refractivity (Wildman–Crippen MR) is 201 cm³/mol. The Morgan fingerprint density at radius 1 is 0.960 bits per heavy atom. The van der Waals surface area contributed by atoms with E-state index in [2.05, 4.69) is 10.3 Å². The van der Waals surface area contributed by atoms with Crippen molar-refractivity contribution in [3.05, 3.63) is 125 Å². The number of aliphatic hydroxyl groups excluding tert-OH is 1. The largest absolute Gasteiger partial charge is 0.453 e. The standard InChI is InChI=1S/C39H44N4O5S2/c1-27(2)24-43(50(46,47)33-21-22-35-36(23-33)49-26-40-35)32(25-44)20-19-29-13-11-12-18-34(29)41-28(3)38(42-39(45)48-4)37(30-14-7-5-8-15-30)31-16-9-6-10-17-31/h5-18,21-23,26-27,32,37-38,44H,19-20,24-25H2,1-4H3,(H,42,45). The molecule has 9 nitrogen and oxygen atoms in total. The van der Waals surface area contributed by atoms with Gasteiger partial charge < -0.3 is 15.2 Å². The predicted octanol–water partition coefficient (Wildman–Crippen LogP) is 7.59. The van der Waals surface area contributed by atoms with Gasteiger partial charge in [0.25, 0.3) is 0 Å². The summed E-state index contributed by atoms with van der Waals surface area (Å²) < 4.78 is 35.4. The number of hydrogen-bond acceptors (Lipinski definition) is 8. The molecule has 0 aliphatic carbocycles. The van der Waals surface area contributed by atoms with Gasteiger partial charge in [0.05, 0.1) is 46.1 Å². The van der Waals surface area contributed by atoms with Crippen LogP contribution < -0.4 is 5.32 Å². The van der Waals surface area contributed by atoms with Crippen molar-refractivity contribution >= 4 is 49.1 Å². The number of benzene rings is 4. The SMILES string of the molecule is COC(=O)NC(C(C)=Nc1ccccc1CCC(CO)N(CC(C)C)S(=O)(=O)c1ccc2ncsc2c1)C(c1ccccc1)c1ccccc1. The van der Waals surface area contributed by atoms with Crippen molar-refractivity contribution < 1.29 is 23.1 Å². The van der Waals surface area contributed by atoms with Gasteiger partial charge in [-0.15, -0.1) is 11.3 Å². The van der Waals surface area contributed by atoms with Gasteiger partial charge in [-0.2, -0.15) is 4.31 Å². The van der Waals surface area contributed by atoms with Gasteiger partial charge in [0.1, 0.15) is 0 Å². The zero-order valence-corrected chi connectivity index (χ0v) is 30.4. The van der Waals surface area contributed by atoms with Crippen LogP contribution in [-0.4, -0.2) is 67.0 Å². The van der Waals surface area contributed by atoms with Crippen molar-refractivity contribution in [2.45, 2.75) is 56.5 Å². The van der Waals surface area contributed by atoms with Crippen molar-refractivity contribution in [3.8, 4) is 0 Å². The van der Waals surface area contributed by atoms with Gasteiger partial charge in [0.2, 0.25) is 10.0 Å². The summed E-state index contributed by atoms with van der Waals surface area (Å²) in [6.45, 7) is 5.75. The molecule has 262 valence electrons. The smallest absolute Gasteiger partial charge is 0.407 e.